The van der Waals surface area contributed by atoms with Crippen molar-refractivity contribution >= 4 is 11.9 Å². The van der Waals surface area contributed by atoms with Gasteiger partial charge in [-0.3, -0.25) is 0 Å². The van der Waals surface area contributed by atoms with E-state index in [1.54, 1.807) is 24.3 Å². The Balaban J connectivity index is 0.00000282. The minimum absolute atomic E-state index is 0.293. The van der Waals surface area contributed by atoms with E-state index in [1.807, 2.05) is 0 Å². The van der Waals surface area contributed by atoms with Gasteiger partial charge < -0.3 is 14.6 Å². The molecule has 1 aromatic rings. The number of nitriles is 1. The number of hydrogen-bond donors (Lipinski definition) is 1. The summed E-state index contributed by atoms with van der Waals surface area (Å²) in [7, 11) is 0. The van der Waals surface area contributed by atoms with Crippen molar-refractivity contribution in [1.82, 2.24) is 0 Å². The normalized spacial score (nSPS) is 9.84. The lowest BCUT2D eigenvalue weighted by Gasteiger charge is -2.10. The van der Waals surface area contributed by atoms with Crippen LogP contribution in [0.4, 0.5) is 0 Å². The van der Waals surface area contributed by atoms with Gasteiger partial charge in [-0.25, -0.2) is 9.59 Å². The smallest absolute Gasteiger partial charge is 0.339 e. The number of nitrogens with zero attached hydrogens (tertiary/aromatic N) is 1. The first kappa shape index (κ1) is 28.5. The van der Waals surface area contributed by atoms with E-state index in [-0.39, 0.29) is 0 Å². The molecule has 0 spiro atoms. The van der Waals surface area contributed by atoms with Crippen molar-refractivity contribution in [2.45, 2.75) is 90.9 Å². The lowest BCUT2D eigenvalue weighted by atomic mass is 10.1. The summed E-state index contributed by atoms with van der Waals surface area (Å²) < 4.78 is 10.7. The Hall–Kier alpha value is -2.55. The molecule has 0 atom stereocenters. The largest absolute Gasteiger partial charge is 0.462 e. The highest BCUT2D eigenvalue weighted by atomic mass is 16.5. The predicted molar refractivity (Wildman–Crippen MR) is 121 cm³/mol. The number of carbonyl (C=O) groups is 2. The van der Waals surface area contributed by atoms with Crippen LogP contribution in [0.5, 0.6) is 0 Å². The number of aliphatic hydroxyl groups is 1. The monoisotopic (exact) mass is 433 g/mol. The van der Waals surface area contributed by atoms with Gasteiger partial charge in [-0.2, -0.15) is 5.26 Å². The Labute approximate surface area is 187 Å². The minimum Gasteiger partial charge on any atom is -0.462 e. The van der Waals surface area contributed by atoms with Crippen molar-refractivity contribution in [2.75, 3.05) is 13.2 Å². The zero-order chi connectivity index (χ0) is 23.2. The molecule has 0 aliphatic rings. The number of rotatable bonds is 16. The summed E-state index contributed by atoms with van der Waals surface area (Å²) >= 11 is 0. The van der Waals surface area contributed by atoms with Crippen LogP contribution < -0.4 is 0 Å². The maximum atomic E-state index is 12.4. The number of benzene rings is 1. The molecule has 0 heterocycles. The van der Waals surface area contributed by atoms with Gasteiger partial charge in [-0.15, -0.1) is 0 Å². The SMILES string of the molecule is CCCCCCCCOC(=O)c1ccccc1C(=O)OCCCCCCCC.N#CO. The summed E-state index contributed by atoms with van der Waals surface area (Å²) in [6.07, 6.45) is 14.4. The van der Waals surface area contributed by atoms with E-state index in [0.29, 0.717) is 24.3 Å². The van der Waals surface area contributed by atoms with Crippen molar-refractivity contribution in [3.8, 4) is 6.26 Å². The van der Waals surface area contributed by atoms with Crippen molar-refractivity contribution in [3.63, 3.8) is 0 Å². The number of esters is 2. The Bertz CT molecular complexity index is 590. The quantitative estimate of drug-likeness (QED) is 0.180. The van der Waals surface area contributed by atoms with E-state index in [4.69, 9.17) is 19.8 Å². The first-order valence-corrected chi connectivity index (χ1v) is 11.6. The Morgan fingerprint density at radius 1 is 0.742 bits per heavy atom. The maximum absolute atomic E-state index is 12.4. The van der Waals surface area contributed by atoms with Gasteiger partial charge in [0.25, 0.3) is 6.26 Å². The van der Waals surface area contributed by atoms with Gasteiger partial charge in [0, 0.05) is 0 Å². The van der Waals surface area contributed by atoms with Gasteiger partial charge in [0.15, 0.2) is 0 Å². The number of aliphatic hydroxyl groups excluding tert-OH is 1. The zero-order valence-corrected chi connectivity index (χ0v) is 19.2. The van der Waals surface area contributed by atoms with E-state index in [9.17, 15) is 9.59 Å². The summed E-state index contributed by atoms with van der Waals surface area (Å²) in [4.78, 5) is 24.7. The van der Waals surface area contributed by atoms with Crippen LogP contribution in [0.15, 0.2) is 24.3 Å². The molecular weight excluding hydrogens is 394 g/mol. The first-order chi connectivity index (χ1) is 15.1. The molecule has 6 heteroatoms. The van der Waals surface area contributed by atoms with Gasteiger partial charge in [-0.1, -0.05) is 90.2 Å². The molecular formula is C25H39NO5. The summed E-state index contributed by atoms with van der Waals surface area (Å²) in [5.74, 6) is -0.888. The lowest BCUT2D eigenvalue weighted by Crippen LogP contribution is -2.15. The minimum atomic E-state index is -0.444. The third-order valence-corrected chi connectivity index (χ3v) is 4.83. The molecule has 0 saturated carbocycles. The van der Waals surface area contributed by atoms with Crippen LogP contribution in [0, 0.1) is 11.5 Å². The molecule has 0 fully saturated rings. The van der Waals surface area contributed by atoms with Crippen molar-refractivity contribution < 1.29 is 24.2 Å². The summed E-state index contributed by atoms with van der Waals surface area (Å²) in [5.41, 5.74) is 0.586. The molecule has 0 aromatic heterocycles. The fourth-order valence-corrected chi connectivity index (χ4v) is 3.09. The number of ether oxygens (including phenoxy) is 2. The third kappa shape index (κ3) is 15.0. The fourth-order valence-electron chi connectivity index (χ4n) is 3.09. The average Bonchev–Trinajstić information content (AvgIpc) is 2.78. The molecule has 0 amide bonds. The molecule has 6 nitrogen and oxygen atoms in total. The van der Waals surface area contributed by atoms with Crippen LogP contribution in [0.2, 0.25) is 0 Å². The Morgan fingerprint density at radius 2 is 1.06 bits per heavy atom. The fraction of sp³-hybridized carbons (Fsp3) is 0.640. The first-order valence-electron chi connectivity index (χ1n) is 11.6. The van der Waals surface area contributed by atoms with Crippen LogP contribution >= 0.6 is 0 Å². The molecule has 31 heavy (non-hydrogen) atoms. The van der Waals surface area contributed by atoms with Crippen molar-refractivity contribution in [2.24, 2.45) is 0 Å². The number of hydrogen-bond acceptors (Lipinski definition) is 6. The Kier molecular flexibility index (Phi) is 19.0. The van der Waals surface area contributed by atoms with E-state index in [1.165, 1.54) is 51.4 Å². The molecule has 1 N–H and O–H groups in total. The summed E-state index contributed by atoms with van der Waals surface area (Å²) in [6.45, 7) is 5.17. The van der Waals surface area contributed by atoms with E-state index in [2.05, 4.69) is 13.8 Å². The maximum Gasteiger partial charge on any atom is 0.339 e. The van der Waals surface area contributed by atoms with Gasteiger partial charge in [-0.05, 0) is 25.0 Å². The van der Waals surface area contributed by atoms with Gasteiger partial charge >= 0.3 is 11.9 Å². The summed E-state index contributed by atoms with van der Waals surface area (Å²) in [6, 6.07) is 6.74. The van der Waals surface area contributed by atoms with Crippen LogP contribution in [-0.2, 0) is 9.47 Å². The standard InChI is InChI=1S/C24H38O4.CHNO/c1-3-5-7-9-11-15-19-27-23(25)21-17-13-14-18-22(21)24(26)28-20-16-12-10-8-6-4-2;2-1-3/h13-14,17-18H,3-12,15-16,19-20H2,1-2H3;3H. The lowest BCUT2D eigenvalue weighted by molar-refractivity contribution is 0.0450. The second-order valence-corrected chi connectivity index (χ2v) is 7.45. The highest BCUT2D eigenvalue weighted by Crippen LogP contribution is 2.14. The molecule has 1 aromatic carbocycles. The molecule has 0 radical (unpaired) electrons. The second kappa shape index (κ2) is 20.7. The van der Waals surface area contributed by atoms with Crippen molar-refractivity contribution in [3.05, 3.63) is 35.4 Å². The topological polar surface area (TPSA) is 96.6 Å². The molecule has 0 aliphatic heterocycles. The highest BCUT2D eigenvalue weighted by Gasteiger charge is 2.18. The molecule has 174 valence electrons. The molecule has 0 aliphatic carbocycles. The molecule has 0 unspecified atom stereocenters. The summed E-state index contributed by atoms with van der Waals surface area (Å²) in [5, 5.41) is 13.8. The van der Waals surface area contributed by atoms with Crippen LogP contribution in [0.1, 0.15) is 112 Å². The van der Waals surface area contributed by atoms with Crippen LogP contribution in [0.25, 0.3) is 0 Å². The van der Waals surface area contributed by atoms with E-state index in [0.717, 1.165) is 31.9 Å². The van der Waals surface area contributed by atoms with Crippen LogP contribution in [0.3, 0.4) is 0 Å². The average molecular weight is 434 g/mol. The second-order valence-electron chi connectivity index (χ2n) is 7.45. The predicted octanol–water partition coefficient (Wildman–Crippen LogP) is 6.56. The van der Waals surface area contributed by atoms with Gasteiger partial charge in [0.1, 0.15) is 0 Å². The molecule has 0 saturated heterocycles. The van der Waals surface area contributed by atoms with Crippen molar-refractivity contribution in [1.29, 1.82) is 5.26 Å². The molecule has 0 bridgehead atoms. The molecule has 1 rings (SSSR count). The highest BCUT2D eigenvalue weighted by molar-refractivity contribution is 6.03. The third-order valence-electron chi connectivity index (χ3n) is 4.83. The van der Waals surface area contributed by atoms with E-state index < -0.39 is 11.9 Å². The Morgan fingerprint density at radius 3 is 1.42 bits per heavy atom. The van der Waals surface area contributed by atoms with Crippen LogP contribution in [-0.4, -0.2) is 30.3 Å². The number of carbonyl (C=O) groups excluding carboxylic acids is 2. The zero-order valence-electron chi connectivity index (χ0n) is 19.2. The van der Waals surface area contributed by atoms with Gasteiger partial charge in [0.2, 0.25) is 0 Å². The van der Waals surface area contributed by atoms with Gasteiger partial charge in [0.05, 0.1) is 24.3 Å². The van der Waals surface area contributed by atoms with E-state index >= 15 is 0 Å². The number of unbranched alkanes of at least 4 members (excludes halogenated alkanes) is 10.